The van der Waals surface area contributed by atoms with Crippen molar-refractivity contribution in [2.45, 2.75) is 64.3 Å². The maximum atomic E-state index is 6.60. The predicted molar refractivity (Wildman–Crippen MR) is 93.5 cm³/mol. The Morgan fingerprint density at radius 2 is 1.48 bits per heavy atom. The van der Waals surface area contributed by atoms with Crippen LogP contribution in [0, 0.1) is 0 Å². The summed E-state index contributed by atoms with van der Waals surface area (Å²) in [5, 5.41) is -0.572. The van der Waals surface area contributed by atoms with Gasteiger partial charge >= 0.3 is 8.80 Å². The lowest BCUT2D eigenvalue weighted by molar-refractivity contribution is 0.00866. The summed E-state index contributed by atoms with van der Waals surface area (Å²) >= 11 is 0. The van der Waals surface area contributed by atoms with Crippen LogP contribution in [0.3, 0.4) is 0 Å². The van der Waals surface area contributed by atoms with Gasteiger partial charge in [-0.25, -0.2) is 0 Å². The van der Waals surface area contributed by atoms with Gasteiger partial charge in [0.1, 0.15) is 5.22 Å². The molecule has 0 bridgehead atoms. The number of hydrogen-bond donors (Lipinski definition) is 0. The van der Waals surface area contributed by atoms with Crippen LogP contribution in [0.1, 0.15) is 27.2 Å². The molecule has 0 radical (unpaired) electrons. The van der Waals surface area contributed by atoms with E-state index >= 15 is 0 Å². The Labute approximate surface area is 134 Å². The zero-order valence-corrected chi connectivity index (χ0v) is 18.6. The second-order valence-electron chi connectivity index (χ2n) is 6.29. The van der Waals surface area contributed by atoms with Gasteiger partial charge in [0, 0.05) is 21.3 Å². The topological polar surface area (TPSA) is 46.2 Å². The summed E-state index contributed by atoms with van der Waals surface area (Å²) in [6.07, 6.45) is 0.761. The first-order valence-electron chi connectivity index (χ1n) is 7.55. The van der Waals surface area contributed by atoms with E-state index in [1.807, 2.05) is 6.92 Å². The van der Waals surface area contributed by atoms with Crippen LogP contribution in [-0.4, -0.2) is 58.4 Å². The summed E-state index contributed by atoms with van der Waals surface area (Å²) in [5.41, 5.74) is 0.132. The van der Waals surface area contributed by atoms with Gasteiger partial charge in [-0.15, -0.1) is 0 Å². The van der Waals surface area contributed by atoms with Crippen LogP contribution in [0.15, 0.2) is 0 Å². The molecular weight excluding hydrogens is 320 g/mol. The van der Waals surface area contributed by atoms with E-state index in [2.05, 4.69) is 40.0 Å². The predicted octanol–water partition coefficient (Wildman–Crippen LogP) is 2.72. The summed E-state index contributed by atoms with van der Waals surface area (Å²) < 4.78 is 29.7. The van der Waals surface area contributed by atoms with E-state index in [1.54, 1.807) is 21.3 Å². The Morgan fingerprint density at radius 1 is 1.05 bits per heavy atom. The standard InChI is InChI=1S/C13H34O5Si3/c1-11-13(3,21(14-4,15-5)16-6)18-20(9,10)12(2)17-19(7)8/h12,19H,11H2,1-10H3/t12-,13?/m0/s1. The summed E-state index contributed by atoms with van der Waals surface area (Å²) in [5.74, 6) is 0. The zero-order valence-electron chi connectivity index (χ0n) is 15.4. The molecule has 0 saturated carbocycles. The fourth-order valence-corrected chi connectivity index (χ4v) is 10.4. The highest BCUT2D eigenvalue weighted by atomic mass is 28.4. The van der Waals surface area contributed by atoms with Crippen LogP contribution in [0.4, 0.5) is 0 Å². The summed E-state index contributed by atoms with van der Waals surface area (Å²) in [4.78, 5) is 0. The van der Waals surface area contributed by atoms with E-state index in [0.717, 1.165) is 6.42 Å². The quantitative estimate of drug-likeness (QED) is 0.565. The van der Waals surface area contributed by atoms with Crippen molar-refractivity contribution in [2.75, 3.05) is 21.3 Å². The first-order chi connectivity index (χ1) is 9.54. The van der Waals surface area contributed by atoms with E-state index < -0.39 is 31.4 Å². The van der Waals surface area contributed by atoms with Crippen molar-refractivity contribution in [2.24, 2.45) is 0 Å². The van der Waals surface area contributed by atoms with Gasteiger partial charge in [0.2, 0.25) is 8.32 Å². The molecule has 0 aliphatic heterocycles. The van der Waals surface area contributed by atoms with Crippen molar-refractivity contribution < 1.29 is 22.1 Å². The van der Waals surface area contributed by atoms with Crippen LogP contribution >= 0.6 is 0 Å². The minimum atomic E-state index is -2.90. The van der Waals surface area contributed by atoms with Gasteiger partial charge in [-0.1, -0.05) is 6.92 Å². The molecule has 0 fully saturated rings. The molecule has 0 amide bonds. The van der Waals surface area contributed by atoms with Gasteiger partial charge in [-0.2, -0.15) is 0 Å². The molecule has 0 aromatic rings. The molecule has 0 aromatic heterocycles. The van der Waals surface area contributed by atoms with Crippen molar-refractivity contribution in [1.82, 2.24) is 0 Å². The average molecular weight is 355 g/mol. The fourth-order valence-electron chi connectivity index (χ4n) is 2.48. The Hall–Kier alpha value is 0.451. The van der Waals surface area contributed by atoms with Crippen molar-refractivity contribution in [3.63, 3.8) is 0 Å². The van der Waals surface area contributed by atoms with Crippen LogP contribution in [0.25, 0.3) is 0 Å². The third kappa shape index (κ3) is 4.96. The first-order valence-corrected chi connectivity index (χ1v) is 15.0. The average Bonchev–Trinajstić information content (AvgIpc) is 2.39. The minimum Gasteiger partial charge on any atom is -0.418 e. The highest BCUT2D eigenvalue weighted by Gasteiger charge is 2.59. The molecule has 8 heteroatoms. The van der Waals surface area contributed by atoms with E-state index in [1.165, 1.54) is 0 Å². The minimum absolute atomic E-state index is 0.132. The Morgan fingerprint density at radius 3 is 1.76 bits per heavy atom. The van der Waals surface area contributed by atoms with Gasteiger partial charge in [0.25, 0.3) is 0 Å². The smallest absolute Gasteiger partial charge is 0.418 e. The normalized spacial score (nSPS) is 17.9. The van der Waals surface area contributed by atoms with Gasteiger partial charge in [-0.3, -0.25) is 0 Å². The molecule has 0 saturated heterocycles. The van der Waals surface area contributed by atoms with E-state index in [9.17, 15) is 0 Å². The molecule has 0 aromatic carbocycles. The van der Waals surface area contributed by atoms with Crippen LogP contribution in [0.5, 0.6) is 0 Å². The van der Waals surface area contributed by atoms with Gasteiger partial charge in [0.15, 0.2) is 9.04 Å². The molecule has 5 nitrogen and oxygen atoms in total. The largest absolute Gasteiger partial charge is 0.532 e. The zero-order chi connectivity index (χ0) is 16.9. The molecule has 0 N–H and O–H groups in total. The maximum Gasteiger partial charge on any atom is 0.532 e. The highest BCUT2D eigenvalue weighted by molar-refractivity contribution is 6.75. The van der Waals surface area contributed by atoms with Gasteiger partial charge in [0.05, 0.1) is 5.73 Å². The molecule has 0 heterocycles. The second kappa shape index (κ2) is 8.34. The lowest BCUT2D eigenvalue weighted by Gasteiger charge is -2.46. The monoisotopic (exact) mass is 354 g/mol. The molecule has 0 aliphatic rings. The third-order valence-electron chi connectivity index (χ3n) is 4.07. The molecular formula is C13H34O5Si3. The molecule has 0 spiro atoms. The van der Waals surface area contributed by atoms with Gasteiger partial charge in [-0.05, 0) is 46.5 Å². The third-order valence-corrected chi connectivity index (χ3v) is 11.9. The maximum absolute atomic E-state index is 6.60. The Kier molecular flexibility index (Phi) is 8.52. The summed E-state index contributed by atoms with van der Waals surface area (Å²) in [6.45, 7) is 14.9. The van der Waals surface area contributed by atoms with Crippen LogP contribution < -0.4 is 0 Å². The molecule has 1 unspecified atom stereocenters. The molecule has 2 atom stereocenters. The fraction of sp³-hybridized carbons (Fsp3) is 1.00. The lowest BCUT2D eigenvalue weighted by Crippen LogP contribution is -2.67. The molecule has 0 rings (SSSR count). The van der Waals surface area contributed by atoms with Crippen molar-refractivity contribution in [3.8, 4) is 0 Å². The Balaban J connectivity index is 5.36. The van der Waals surface area contributed by atoms with E-state index in [0.29, 0.717) is 0 Å². The highest BCUT2D eigenvalue weighted by Crippen LogP contribution is 2.34. The summed E-state index contributed by atoms with van der Waals surface area (Å²) in [6, 6.07) is 0. The van der Waals surface area contributed by atoms with Crippen LogP contribution in [-0.2, 0) is 22.1 Å². The van der Waals surface area contributed by atoms with Gasteiger partial charge < -0.3 is 22.1 Å². The lowest BCUT2D eigenvalue weighted by atomic mass is 10.3. The van der Waals surface area contributed by atoms with E-state index in [-0.39, 0.29) is 5.73 Å². The number of hydrogen-bond acceptors (Lipinski definition) is 5. The van der Waals surface area contributed by atoms with Crippen molar-refractivity contribution >= 4 is 26.2 Å². The summed E-state index contributed by atoms with van der Waals surface area (Å²) in [7, 11) is -1.18. The Bertz CT molecular complexity index is 302. The van der Waals surface area contributed by atoms with E-state index in [4.69, 9.17) is 22.1 Å². The molecule has 128 valence electrons. The first kappa shape index (κ1) is 21.5. The van der Waals surface area contributed by atoms with Crippen molar-refractivity contribution in [3.05, 3.63) is 0 Å². The van der Waals surface area contributed by atoms with Crippen molar-refractivity contribution in [1.29, 1.82) is 0 Å². The van der Waals surface area contributed by atoms with Crippen LogP contribution in [0.2, 0.25) is 26.2 Å². The number of rotatable bonds is 10. The SMILES string of the molecule is CCC(C)(O[Si](C)(C)[C@@H](C)O[SiH](C)C)[Si](OC)(OC)OC. The second-order valence-corrected chi connectivity index (χ2v) is 16.3. The molecule has 21 heavy (non-hydrogen) atoms. The molecule has 0 aliphatic carbocycles.